The Hall–Kier alpha value is -5.82. The highest BCUT2D eigenvalue weighted by molar-refractivity contribution is 6.22. The van der Waals surface area contributed by atoms with Gasteiger partial charge in [0.2, 0.25) is 5.88 Å². The summed E-state index contributed by atoms with van der Waals surface area (Å²) in [5.41, 5.74) is 5.90. The molecule has 192 valence electrons. The van der Waals surface area contributed by atoms with Crippen molar-refractivity contribution in [1.29, 1.82) is 0 Å². The Morgan fingerprint density at radius 3 is 2.00 bits per heavy atom. The topological polar surface area (TPSA) is 70.7 Å². The third-order valence-corrected chi connectivity index (χ3v) is 7.72. The lowest BCUT2D eigenvalue weighted by Gasteiger charge is -2.10. The van der Waals surface area contributed by atoms with Gasteiger partial charge in [0.15, 0.2) is 0 Å². The highest BCUT2D eigenvalue weighted by Gasteiger charge is 2.20. The number of para-hydroxylation sites is 1. The molecular weight excluding hydrogens is 508 g/mol. The van der Waals surface area contributed by atoms with Gasteiger partial charge in [-0.25, -0.2) is 15.0 Å². The van der Waals surface area contributed by atoms with E-state index in [1.165, 1.54) is 0 Å². The third kappa shape index (κ3) is 3.20. The standard InChI is InChI=1S/C34H20N6O/c1-2-8-26-22(7-1)23-12-11-21(19-28(23)39(26)30-9-3-5-16-36-30)41-32-20-29-34-25(38-32)14-13-24-33(34)27(15-18-35-24)40(29)31-10-4-6-17-37-31/h1-20H. The molecule has 0 spiro atoms. The average molecular weight is 529 g/mol. The second kappa shape index (κ2) is 8.34. The van der Waals surface area contributed by atoms with Crippen LogP contribution in [0.4, 0.5) is 0 Å². The molecule has 0 bridgehead atoms. The van der Waals surface area contributed by atoms with Gasteiger partial charge in [0, 0.05) is 52.3 Å². The van der Waals surface area contributed by atoms with Crippen molar-refractivity contribution in [3.05, 3.63) is 122 Å². The van der Waals surface area contributed by atoms with E-state index in [9.17, 15) is 0 Å². The first-order chi connectivity index (χ1) is 20.3. The lowest BCUT2D eigenvalue weighted by atomic mass is 10.1. The van der Waals surface area contributed by atoms with Crippen LogP contribution >= 0.6 is 0 Å². The molecule has 9 rings (SSSR count). The minimum atomic E-state index is 0.508. The Labute approximate surface area is 233 Å². The fourth-order valence-electron chi connectivity index (χ4n) is 6.06. The fraction of sp³-hybridized carbons (Fsp3) is 0. The monoisotopic (exact) mass is 528 g/mol. The molecule has 0 atom stereocenters. The first kappa shape index (κ1) is 22.0. The second-order valence-electron chi connectivity index (χ2n) is 10.0. The summed E-state index contributed by atoms with van der Waals surface area (Å²) in [5.74, 6) is 2.89. The molecule has 0 aliphatic heterocycles. The number of fused-ring (bicyclic) bond motifs is 3. The van der Waals surface area contributed by atoms with E-state index in [4.69, 9.17) is 9.72 Å². The molecule has 0 amide bonds. The minimum Gasteiger partial charge on any atom is -0.439 e. The maximum absolute atomic E-state index is 6.50. The molecule has 0 N–H and O–H groups in total. The Bertz CT molecular complexity index is 2390. The summed E-state index contributed by atoms with van der Waals surface area (Å²) in [6, 6.07) is 34.5. The summed E-state index contributed by atoms with van der Waals surface area (Å²) >= 11 is 0. The van der Waals surface area contributed by atoms with Crippen molar-refractivity contribution in [2.24, 2.45) is 0 Å². The molecule has 41 heavy (non-hydrogen) atoms. The zero-order valence-corrected chi connectivity index (χ0v) is 21.6. The number of aromatic nitrogens is 6. The van der Waals surface area contributed by atoms with Crippen LogP contribution in [0, 0.1) is 0 Å². The van der Waals surface area contributed by atoms with E-state index >= 15 is 0 Å². The Balaban J connectivity index is 1.26. The lowest BCUT2D eigenvalue weighted by molar-refractivity contribution is 0.466. The molecule has 0 saturated heterocycles. The van der Waals surface area contributed by atoms with E-state index in [0.717, 1.165) is 66.3 Å². The van der Waals surface area contributed by atoms with Gasteiger partial charge >= 0.3 is 0 Å². The van der Waals surface area contributed by atoms with E-state index in [0.29, 0.717) is 11.6 Å². The van der Waals surface area contributed by atoms with Gasteiger partial charge in [0.05, 0.1) is 33.1 Å². The van der Waals surface area contributed by atoms with Gasteiger partial charge in [-0.1, -0.05) is 30.3 Å². The zero-order valence-electron chi connectivity index (χ0n) is 21.6. The number of pyridine rings is 4. The minimum absolute atomic E-state index is 0.508. The number of hydrogen-bond acceptors (Lipinski definition) is 5. The first-order valence-corrected chi connectivity index (χ1v) is 13.4. The normalized spacial score (nSPS) is 11.9. The van der Waals surface area contributed by atoms with Crippen LogP contribution in [-0.2, 0) is 0 Å². The molecule has 9 aromatic rings. The summed E-state index contributed by atoms with van der Waals surface area (Å²) in [6.07, 6.45) is 5.46. The maximum atomic E-state index is 6.50. The Kier molecular flexibility index (Phi) is 4.48. The van der Waals surface area contributed by atoms with E-state index in [-0.39, 0.29) is 0 Å². The highest BCUT2D eigenvalue weighted by atomic mass is 16.5. The number of rotatable bonds is 4. The molecule has 6 aromatic heterocycles. The molecule has 0 aliphatic carbocycles. The van der Waals surface area contributed by atoms with E-state index in [2.05, 4.69) is 60.5 Å². The van der Waals surface area contributed by atoms with Crippen LogP contribution in [0.5, 0.6) is 11.6 Å². The molecule has 0 saturated carbocycles. The van der Waals surface area contributed by atoms with Crippen LogP contribution in [0.15, 0.2) is 122 Å². The second-order valence-corrected chi connectivity index (χ2v) is 10.0. The first-order valence-electron chi connectivity index (χ1n) is 13.4. The van der Waals surface area contributed by atoms with Crippen LogP contribution in [-0.4, -0.2) is 29.1 Å². The summed E-state index contributed by atoms with van der Waals surface area (Å²) in [4.78, 5) is 18.8. The number of benzene rings is 3. The van der Waals surface area contributed by atoms with Gasteiger partial charge in [-0.2, -0.15) is 0 Å². The van der Waals surface area contributed by atoms with E-state index in [1.54, 1.807) is 0 Å². The number of nitrogens with zero attached hydrogens (tertiary/aromatic N) is 6. The Morgan fingerprint density at radius 2 is 1.20 bits per heavy atom. The van der Waals surface area contributed by atoms with Crippen molar-refractivity contribution in [1.82, 2.24) is 29.1 Å². The predicted octanol–water partition coefficient (Wildman–Crippen LogP) is 7.84. The Morgan fingerprint density at radius 1 is 0.488 bits per heavy atom. The van der Waals surface area contributed by atoms with Crippen LogP contribution in [0.3, 0.4) is 0 Å². The third-order valence-electron chi connectivity index (χ3n) is 7.72. The van der Waals surface area contributed by atoms with Crippen molar-refractivity contribution >= 4 is 54.6 Å². The van der Waals surface area contributed by atoms with Gasteiger partial charge in [0.25, 0.3) is 0 Å². The number of hydrogen-bond donors (Lipinski definition) is 0. The molecule has 0 unspecified atom stereocenters. The lowest BCUT2D eigenvalue weighted by Crippen LogP contribution is -1.98. The summed E-state index contributed by atoms with van der Waals surface area (Å²) < 4.78 is 10.8. The van der Waals surface area contributed by atoms with Crippen molar-refractivity contribution in [2.45, 2.75) is 0 Å². The van der Waals surface area contributed by atoms with Crippen LogP contribution in [0.1, 0.15) is 0 Å². The van der Waals surface area contributed by atoms with Crippen molar-refractivity contribution in [2.75, 3.05) is 0 Å². The molecule has 0 radical (unpaired) electrons. The zero-order chi connectivity index (χ0) is 26.9. The molecular formula is C34H20N6O. The van der Waals surface area contributed by atoms with Gasteiger partial charge < -0.3 is 4.74 Å². The molecule has 0 fully saturated rings. The van der Waals surface area contributed by atoms with Gasteiger partial charge in [-0.15, -0.1) is 0 Å². The highest BCUT2D eigenvalue weighted by Crippen LogP contribution is 2.40. The largest absolute Gasteiger partial charge is 0.439 e. The fourth-order valence-corrected chi connectivity index (χ4v) is 6.06. The van der Waals surface area contributed by atoms with Gasteiger partial charge in [0.1, 0.15) is 17.4 Å². The summed E-state index contributed by atoms with van der Waals surface area (Å²) in [7, 11) is 0. The SMILES string of the molecule is c1ccc(-n2c3ccccc3c3ccc(Oc4cc5c6c(ccc7nccc(c76)n5-c5ccccn5)n4)cc32)nc1. The smallest absolute Gasteiger partial charge is 0.221 e. The molecule has 0 aliphatic rings. The predicted molar refractivity (Wildman–Crippen MR) is 162 cm³/mol. The molecule has 7 nitrogen and oxygen atoms in total. The van der Waals surface area contributed by atoms with Crippen molar-refractivity contribution in [3.63, 3.8) is 0 Å². The van der Waals surface area contributed by atoms with Crippen LogP contribution in [0.2, 0.25) is 0 Å². The molecule has 6 heterocycles. The van der Waals surface area contributed by atoms with E-state index < -0.39 is 0 Å². The van der Waals surface area contributed by atoms with Gasteiger partial charge in [-0.3, -0.25) is 14.1 Å². The maximum Gasteiger partial charge on any atom is 0.221 e. The molecule has 3 aromatic carbocycles. The van der Waals surface area contributed by atoms with Gasteiger partial charge in [-0.05, 0) is 60.7 Å². The quantitative estimate of drug-likeness (QED) is 0.218. The molecule has 7 heteroatoms. The van der Waals surface area contributed by atoms with Crippen molar-refractivity contribution < 1.29 is 4.74 Å². The number of ether oxygens (including phenoxy) is 1. The van der Waals surface area contributed by atoms with Crippen LogP contribution in [0.25, 0.3) is 66.3 Å². The summed E-state index contributed by atoms with van der Waals surface area (Å²) in [5, 5.41) is 4.42. The van der Waals surface area contributed by atoms with E-state index in [1.807, 2.05) is 85.3 Å². The summed E-state index contributed by atoms with van der Waals surface area (Å²) in [6.45, 7) is 0. The average Bonchev–Trinajstić information content (AvgIpc) is 3.54. The van der Waals surface area contributed by atoms with Crippen LogP contribution < -0.4 is 4.74 Å². The van der Waals surface area contributed by atoms with Crippen molar-refractivity contribution in [3.8, 4) is 23.3 Å².